The smallest absolute Gasteiger partial charge is 0.251 e. The number of anilines is 1. The van der Waals surface area contributed by atoms with Crippen LogP contribution in [0.25, 0.3) is 0 Å². The fraction of sp³-hybridized carbons (Fsp3) is 0.100. The van der Waals surface area contributed by atoms with E-state index < -0.39 is 0 Å². The fourth-order valence-electron chi connectivity index (χ4n) is 3.03. The van der Waals surface area contributed by atoms with Gasteiger partial charge in [-0.2, -0.15) is 0 Å². The van der Waals surface area contributed by atoms with Gasteiger partial charge in [0.1, 0.15) is 0 Å². The van der Waals surface area contributed by atoms with Gasteiger partial charge in [-0.3, -0.25) is 9.78 Å². The highest BCUT2D eigenvalue weighted by molar-refractivity contribution is 5.99. The first kappa shape index (κ1) is 14.5. The van der Waals surface area contributed by atoms with Gasteiger partial charge in [0.25, 0.3) is 5.91 Å². The molecule has 2 aromatic carbocycles. The largest absolute Gasteiger partial charge is 0.374 e. The van der Waals surface area contributed by atoms with Crippen molar-refractivity contribution in [3.63, 3.8) is 0 Å². The highest BCUT2D eigenvalue weighted by Gasteiger charge is 2.20. The summed E-state index contributed by atoms with van der Waals surface area (Å²) in [6.45, 7) is 0.612. The van der Waals surface area contributed by atoms with Crippen LogP contribution in [0.15, 0.2) is 73.1 Å². The van der Waals surface area contributed by atoms with E-state index in [1.165, 1.54) is 0 Å². The molecule has 1 aliphatic heterocycles. The number of aromatic nitrogens is 1. The van der Waals surface area contributed by atoms with Gasteiger partial charge in [-0.1, -0.05) is 36.4 Å². The maximum atomic E-state index is 11.9. The van der Waals surface area contributed by atoms with E-state index in [4.69, 9.17) is 0 Å². The monoisotopic (exact) mass is 315 g/mol. The molecule has 0 unspecified atom stereocenters. The number of nitrogens with zero attached hydrogens (tertiary/aromatic N) is 1. The van der Waals surface area contributed by atoms with Crippen LogP contribution in [0.3, 0.4) is 0 Å². The number of rotatable bonds is 4. The predicted octanol–water partition coefficient (Wildman–Crippen LogP) is 3.53. The minimum absolute atomic E-state index is 0.00304. The summed E-state index contributed by atoms with van der Waals surface area (Å²) in [5.74, 6) is -0.00572. The third-order valence-corrected chi connectivity index (χ3v) is 4.28. The van der Waals surface area contributed by atoms with E-state index in [0.29, 0.717) is 6.54 Å². The standard InChI is InChI=1S/C20H17N3O/c24-20-18-12-17(7-6-16(18)13-22-20)23-19(14-4-2-1-3-5-14)15-8-10-21-11-9-15/h1-12,19,23H,13H2,(H,22,24)/t19-/m1/s1. The van der Waals surface area contributed by atoms with Gasteiger partial charge in [0.15, 0.2) is 0 Å². The average Bonchev–Trinajstić information content (AvgIpc) is 3.02. The second-order valence-corrected chi connectivity index (χ2v) is 5.82. The molecule has 4 heteroatoms. The fourth-order valence-corrected chi connectivity index (χ4v) is 3.03. The molecular formula is C20H17N3O. The van der Waals surface area contributed by atoms with Crippen LogP contribution >= 0.6 is 0 Å². The van der Waals surface area contributed by atoms with Gasteiger partial charge >= 0.3 is 0 Å². The van der Waals surface area contributed by atoms with Gasteiger partial charge in [-0.25, -0.2) is 0 Å². The van der Waals surface area contributed by atoms with Crippen LogP contribution in [0.2, 0.25) is 0 Å². The maximum absolute atomic E-state index is 11.9. The first-order valence-electron chi connectivity index (χ1n) is 7.94. The topological polar surface area (TPSA) is 54.0 Å². The minimum Gasteiger partial charge on any atom is -0.374 e. The van der Waals surface area contributed by atoms with Gasteiger partial charge < -0.3 is 10.6 Å². The summed E-state index contributed by atoms with van der Waals surface area (Å²) < 4.78 is 0. The van der Waals surface area contributed by atoms with Crippen molar-refractivity contribution < 1.29 is 4.79 Å². The van der Waals surface area contributed by atoms with Gasteiger partial charge in [-0.15, -0.1) is 0 Å². The molecule has 0 saturated carbocycles. The first-order valence-corrected chi connectivity index (χ1v) is 7.94. The highest BCUT2D eigenvalue weighted by Crippen LogP contribution is 2.28. The predicted molar refractivity (Wildman–Crippen MR) is 93.8 cm³/mol. The molecule has 24 heavy (non-hydrogen) atoms. The number of carbonyl (C=O) groups is 1. The third-order valence-electron chi connectivity index (χ3n) is 4.28. The Kier molecular flexibility index (Phi) is 3.71. The summed E-state index contributed by atoms with van der Waals surface area (Å²) in [5, 5.41) is 6.41. The average molecular weight is 315 g/mol. The number of amides is 1. The Labute approximate surface area is 140 Å². The molecule has 4 rings (SSSR count). The van der Waals surface area contributed by atoms with Crippen molar-refractivity contribution in [1.82, 2.24) is 10.3 Å². The van der Waals surface area contributed by atoms with Crippen LogP contribution in [-0.2, 0) is 6.54 Å². The summed E-state index contributed by atoms with van der Waals surface area (Å²) >= 11 is 0. The Bertz CT molecular complexity index is 823. The van der Waals surface area contributed by atoms with Crippen LogP contribution in [0.4, 0.5) is 5.69 Å². The van der Waals surface area contributed by atoms with Crippen molar-refractivity contribution in [1.29, 1.82) is 0 Å². The second kappa shape index (κ2) is 6.16. The number of hydrogen-bond donors (Lipinski definition) is 2. The molecule has 0 bridgehead atoms. The SMILES string of the molecule is O=C1NCc2ccc(N[C@H](c3ccccc3)c3ccncc3)cc21. The molecule has 118 valence electrons. The zero-order valence-electron chi connectivity index (χ0n) is 13.1. The summed E-state index contributed by atoms with van der Waals surface area (Å²) in [5.41, 5.74) is 5.01. The number of benzene rings is 2. The zero-order valence-corrected chi connectivity index (χ0v) is 13.1. The molecule has 1 amide bonds. The lowest BCUT2D eigenvalue weighted by molar-refractivity contribution is 0.0966. The lowest BCUT2D eigenvalue weighted by Crippen LogP contribution is -2.14. The molecular weight excluding hydrogens is 298 g/mol. The summed E-state index contributed by atoms with van der Waals surface area (Å²) in [7, 11) is 0. The molecule has 1 aromatic heterocycles. The number of pyridine rings is 1. The van der Waals surface area contributed by atoms with E-state index >= 15 is 0 Å². The van der Waals surface area contributed by atoms with Crippen molar-refractivity contribution in [2.24, 2.45) is 0 Å². The van der Waals surface area contributed by atoms with E-state index in [9.17, 15) is 4.79 Å². The molecule has 0 spiro atoms. The highest BCUT2D eigenvalue weighted by atomic mass is 16.1. The van der Waals surface area contributed by atoms with Gasteiger partial charge in [-0.05, 0) is 41.0 Å². The van der Waals surface area contributed by atoms with Gasteiger partial charge in [0.05, 0.1) is 6.04 Å². The molecule has 2 N–H and O–H groups in total. The van der Waals surface area contributed by atoms with Crippen molar-refractivity contribution in [2.75, 3.05) is 5.32 Å². The minimum atomic E-state index is -0.00572. The Hall–Kier alpha value is -3.14. The van der Waals surface area contributed by atoms with Crippen LogP contribution in [0, 0.1) is 0 Å². The molecule has 2 heterocycles. The van der Waals surface area contributed by atoms with Gasteiger partial charge in [0.2, 0.25) is 0 Å². The molecule has 1 aliphatic rings. The van der Waals surface area contributed by atoms with E-state index in [2.05, 4.69) is 27.8 Å². The normalized spacial score (nSPS) is 13.9. The molecule has 1 atom stereocenters. The van der Waals surface area contributed by atoms with Crippen LogP contribution in [0.1, 0.15) is 33.1 Å². The van der Waals surface area contributed by atoms with Crippen LogP contribution < -0.4 is 10.6 Å². The summed E-state index contributed by atoms with van der Waals surface area (Å²) in [6.07, 6.45) is 3.59. The van der Waals surface area contributed by atoms with Crippen molar-refractivity contribution >= 4 is 11.6 Å². The number of nitrogens with one attached hydrogen (secondary N) is 2. The lowest BCUT2D eigenvalue weighted by atomic mass is 9.99. The van der Waals surface area contributed by atoms with E-state index in [-0.39, 0.29) is 11.9 Å². The van der Waals surface area contributed by atoms with E-state index in [1.54, 1.807) is 12.4 Å². The third kappa shape index (κ3) is 2.74. The van der Waals surface area contributed by atoms with Crippen LogP contribution in [-0.4, -0.2) is 10.9 Å². The van der Waals surface area contributed by atoms with Gasteiger partial charge in [0, 0.05) is 30.2 Å². The number of carbonyl (C=O) groups excluding carboxylic acids is 1. The number of fused-ring (bicyclic) bond motifs is 1. The lowest BCUT2D eigenvalue weighted by Gasteiger charge is -2.21. The molecule has 4 nitrogen and oxygen atoms in total. The molecule has 0 aliphatic carbocycles. The Morgan fingerprint density at radius 1 is 0.958 bits per heavy atom. The van der Waals surface area contributed by atoms with E-state index in [0.717, 1.165) is 27.9 Å². The number of hydrogen-bond acceptors (Lipinski definition) is 3. The summed E-state index contributed by atoms with van der Waals surface area (Å²) in [6, 6.07) is 20.2. The quantitative estimate of drug-likeness (QED) is 0.774. The molecule has 0 saturated heterocycles. The van der Waals surface area contributed by atoms with E-state index in [1.807, 2.05) is 48.5 Å². The van der Waals surface area contributed by atoms with Crippen LogP contribution in [0.5, 0.6) is 0 Å². The second-order valence-electron chi connectivity index (χ2n) is 5.82. The van der Waals surface area contributed by atoms with Crippen molar-refractivity contribution in [3.8, 4) is 0 Å². The first-order chi connectivity index (χ1) is 11.8. The summed E-state index contributed by atoms with van der Waals surface area (Å²) in [4.78, 5) is 16.0. The molecule has 0 fully saturated rings. The van der Waals surface area contributed by atoms with Crippen molar-refractivity contribution in [2.45, 2.75) is 12.6 Å². The Morgan fingerprint density at radius 3 is 2.50 bits per heavy atom. The maximum Gasteiger partial charge on any atom is 0.251 e. The molecule has 0 radical (unpaired) electrons. The Balaban J connectivity index is 1.70. The Morgan fingerprint density at radius 2 is 1.71 bits per heavy atom. The molecule has 3 aromatic rings. The zero-order chi connectivity index (χ0) is 16.4. The van der Waals surface area contributed by atoms with Crippen molar-refractivity contribution in [3.05, 3.63) is 95.3 Å².